The number of hydrogen-bond acceptors (Lipinski definition) is 8. The Morgan fingerprint density at radius 2 is 1.72 bits per heavy atom. The Morgan fingerprint density at radius 3 is 2.38 bits per heavy atom. The minimum Gasteiger partial charge on any atom is -0.478 e. The number of para-hydroxylation sites is 1. The molecule has 1 N–H and O–H groups in total. The molecule has 2 aromatic carbocycles. The Bertz CT molecular complexity index is 1790. The van der Waals surface area contributed by atoms with Crippen molar-refractivity contribution in [3.63, 3.8) is 0 Å². The number of carbonyl (C=O) groups is 1. The summed E-state index contributed by atoms with van der Waals surface area (Å²) >= 11 is 1.24. The molecule has 7 rings (SSSR count). The second kappa shape index (κ2) is 11.8. The molecule has 2 saturated heterocycles. The molecular weight excluding hydrogens is 652 g/mol. The summed E-state index contributed by atoms with van der Waals surface area (Å²) in [7, 11) is 0. The monoisotopic (exact) mass is 679 g/mol. The third-order valence-corrected chi connectivity index (χ3v) is 9.70. The lowest BCUT2D eigenvalue weighted by atomic mass is 9.99. The lowest BCUT2D eigenvalue weighted by Gasteiger charge is -2.38. The van der Waals surface area contributed by atoms with Crippen molar-refractivity contribution in [2.45, 2.75) is 81.8 Å². The number of aromatic nitrogens is 2. The van der Waals surface area contributed by atoms with Gasteiger partial charge in [-0.25, -0.2) is 9.78 Å². The van der Waals surface area contributed by atoms with E-state index in [9.17, 15) is 36.2 Å². The molecular formula is C32H27F6N3O5S. The summed E-state index contributed by atoms with van der Waals surface area (Å²) in [5, 5.41) is 15.5. The molecule has 1 saturated carbocycles. The van der Waals surface area contributed by atoms with E-state index in [1.807, 2.05) is 0 Å². The van der Waals surface area contributed by atoms with E-state index in [0.717, 1.165) is 37.8 Å². The minimum atomic E-state index is -4.88. The van der Waals surface area contributed by atoms with Crippen LogP contribution in [0.2, 0.25) is 0 Å². The van der Waals surface area contributed by atoms with Gasteiger partial charge in [0.25, 0.3) is 0 Å². The van der Waals surface area contributed by atoms with E-state index in [4.69, 9.17) is 9.26 Å². The number of hydrogen-bond donors (Lipinski definition) is 1. The molecule has 2 aliphatic heterocycles. The van der Waals surface area contributed by atoms with Crippen LogP contribution in [0.3, 0.4) is 0 Å². The lowest BCUT2D eigenvalue weighted by Crippen LogP contribution is -2.45. The number of piperidine rings is 1. The minimum absolute atomic E-state index is 0.0278. The van der Waals surface area contributed by atoms with Gasteiger partial charge in [-0.05, 0) is 62.8 Å². The van der Waals surface area contributed by atoms with Gasteiger partial charge in [-0.15, -0.1) is 24.5 Å². The second-order valence-corrected chi connectivity index (χ2v) is 12.8. The molecule has 3 aliphatic rings. The Hall–Kier alpha value is -4.11. The van der Waals surface area contributed by atoms with Gasteiger partial charge in [0.2, 0.25) is 0 Å². The summed E-state index contributed by atoms with van der Waals surface area (Å²) in [5.74, 6) is -1.11. The molecule has 47 heavy (non-hydrogen) atoms. The summed E-state index contributed by atoms with van der Waals surface area (Å²) < 4.78 is 97.3. The average Bonchev–Trinajstić information content (AvgIpc) is 3.47. The molecule has 4 heterocycles. The van der Waals surface area contributed by atoms with Crippen molar-refractivity contribution in [1.82, 2.24) is 10.1 Å². The highest BCUT2D eigenvalue weighted by Gasteiger charge is 2.44. The zero-order valence-electron chi connectivity index (χ0n) is 24.5. The van der Waals surface area contributed by atoms with Crippen molar-refractivity contribution in [3.8, 4) is 28.3 Å². The van der Waals surface area contributed by atoms with Crippen LogP contribution in [-0.2, 0) is 17.5 Å². The van der Waals surface area contributed by atoms with Crippen LogP contribution >= 0.6 is 11.3 Å². The van der Waals surface area contributed by atoms with Crippen molar-refractivity contribution in [3.05, 3.63) is 70.3 Å². The third kappa shape index (κ3) is 6.42. The fraction of sp³-hybridized carbons (Fsp3) is 0.406. The molecule has 15 heteroatoms. The number of halogens is 6. The zero-order valence-corrected chi connectivity index (χ0v) is 25.3. The number of carboxylic acid groups (broad SMARTS) is 1. The van der Waals surface area contributed by atoms with E-state index >= 15 is 0 Å². The lowest BCUT2D eigenvalue weighted by molar-refractivity contribution is -0.274. The van der Waals surface area contributed by atoms with Gasteiger partial charge in [0.05, 0.1) is 29.5 Å². The summed E-state index contributed by atoms with van der Waals surface area (Å²) in [5.41, 5.74) is -0.590. The quantitative estimate of drug-likeness (QED) is 0.176. The summed E-state index contributed by atoms with van der Waals surface area (Å²) in [6, 6.07) is 8.73. The van der Waals surface area contributed by atoms with Crippen LogP contribution in [0.4, 0.5) is 31.5 Å². The molecule has 4 aromatic rings. The van der Waals surface area contributed by atoms with Crippen molar-refractivity contribution < 1.29 is 50.2 Å². The molecule has 2 atom stereocenters. The molecule has 2 unspecified atom stereocenters. The highest BCUT2D eigenvalue weighted by Crippen LogP contribution is 2.47. The summed E-state index contributed by atoms with van der Waals surface area (Å²) in [6.45, 7) is 0.0864. The smallest absolute Gasteiger partial charge is 0.478 e. The first-order valence-electron chi connectivity index (χ1n) is 15.0. The van der Waals surface area contributed by atoms with E-state index in [2.05, 4.69) is 19.8 Å². The van der Waals surface area contributed by atoms with Crippen LogP contribution in [0.15, 0.2) is 52.4 Å². The number of fused-ring (bicyclic) bond motifs is 2. The van der Waals surface area contributed by atoms with Gasteiger partial charge in [0, 0.05) is 40.1 Å². The van der Waals surface area contributed by atoms with E-state index in [1.54, 1.807) is 11.4 Å². The fourth-order valence-electron chi connectivity index (χ4n) is 6.63. The van der Waals surface area contributed by atoms with Crippen molar-refractivity contribution in [2.24, 2.45) is 0 Å². The molecule has 0 radical (unpaired) electrons. The van der Waals surface area contributed by atoms with Gasteiger partial charge in [-0.3, -0.25) is 0 Å². The molecule has 3 fully saturated rings. The Morgan fingerprint density at radius 1 is 1.00 bits per heavy atom. The molecule has 1 aliphatic carbocycles. The number of rotatable bonds is 9. The van der Waals surface area contributed by atoms with Gasteiger partial charge < -0.3 is 24.0 Å². The predicted molar refractivity (Wildman–Crippen MR) is 157 cm³/mol. The second-order valence-electron chi connectivity index (χ2n) is 12.0. The number of nitrogens with zero attached hydrogens (tertiary/aromatic N) is 3. The van der Waals surface area contributed by atoms with Crippen LogP contribution in [0.5, 0.6) is 5.75 Å². The predicted octanol–water partition coefficient (Wildman–Crippen LogP) is 8.67. The maximum absolute atomic E-state index is 13.9. The number of benzene rings is 2. The van der Waals surface area contributed by atoms with Crippen LogP contribution < -0.4 is 9.64 Å². The van der Waals surface area contributed by atoms with Gasteiger partial charge in [-0.1, -0.05) is 23.4 Å². The van der Waals surface area contributed by atoms with Crippen LogP contribution in [0.25, 0.3) is 22.5 Å². The number of carboxylic acids is 1. The molecule has 2 aromatic heterocycles. The van der Waals surface area contributed by atoms with Gasteiger partial charge in [-0.2, -0.15) is 13.2 Å². The van der Waals surface area contributed by atoms with Crippen LogP contribution in [-0.4, -0.2) is 45.8 Å². The highest BCUT2D eigenvalue weighted by molar-refractivity contribution is 7.14. The molecule has 0 amide bonds. The first-order chi connectivity index (χ1) is 22.4. The Labute approximate surface area is 267 Å². The summed E-state index contributed by atoms with van der Waals surface area (Å²) in [4.78, 5) is 18.0. The Kier molecular flexibility index (Phi) is 7.94. The maximum atomic E-state index is 13.9. The van der Waals surface area contributed by atoms with Gasteiger partial charge >= 0.3 is 18.5 Å². The van der Waals surface area contributed by atoms with E-state index in [-0.39, 0.29) is 59.0 Å². The number of aromatic carboxylic acids is 1. The van der Waals surface area contributed by atoms with Crippen molar-refractivity contribution in [2.75, 3.05) is 4.90 Å². The number of thiazole rings is 1. The molecule has 8 nitrogen and oxygen atoms in total. The van der Waals surface area contributed by atoms with Gasteiger partial charge in [0.1, 0.15) is 17.2 Å². The standard InChI is InChI=1S/C32H27F6N3O5S/c33-31(34,35)24-11-17(29(42)43)7-10-21(24)25-15-47-30(39-25)41-18-8-9-19(41)13-20(12-18)44-14-23-27(40-46-28(23)16-5-6-16)22-3-1-2-4-26(22)45-32(36,37)38/h1-4,7,10-11,15-16,18-20H,5-6,8-9,12-14H2,(H,42,43). The van der Waals surface area contributed by atoms with E-state index in [1.165, 1.54) is 29.5 Å². The van der Waals surface area contributed by atoms with Gasteiger partial charge in [0.15, 0.2) is 5.13 Å². The zero-order chi connectivity index (χ0) is 33.1. The Balaban J connectivity index is 1.08. The van der Waals surface area contributed by atoms with E-state index < -0.39 is 29.6 Å². The molecule has 2 bridgehead atoms. The van der Waals surface area contributed by atoms with Crippen molar-refractivity contribution >= 4 is 22.4 Å². The SMILES string of the molecule is O=C(O)c1ccc(-c2csc(N3C4CCC3CC(OCc3c(-c5ccccc5OC(F)(F)F)noc3C3CC3)C4)n2)c(C(F)(F)F)c1. The normalized spacial score (nSPS) is 21.3. The number of alkyl halides is 6. The van der Waals surface area contributed by atoms with E-state index in [0.29, 0.717) is 35.4 Å². The fourth-order valence-corrected chi connectivity index (χ4v) is 7.60. The highest BCUT2D eigenvalue weighted by atomic mass is 32.1. The first-order valence-corrected chi connectivity index (χ1v) is 15.9. The van der Waals surface area contributed by atoms with Crippen molar-refractivity contribution in [1.29, 1.82) is 0 Å². The topological polar surface area (TPSA) is 97.9 Å². The average molecular weight is 680 g/mol. The van der Waals surface area contributed by atoms with Crippen LogP contribution in [0, 0.1) is 0 Å². The summed E-state index contributed by atoms with van der Waals surface area (Å²) in [6.07, 6.45) is -5.13. The number of ether oxygens (including phenoxy) is 2. The number of anilines is 1. The first kappa shape index (κ1) is 31.5. The largest absolute Gasteiger partial charge is 0.573 e. The van der Waals surface area contributed by atoms with Crippen LogP contribution in [0.1, 0.15) is 71.7 Å². The maximum Gasteiger partial charge on any atom is 0.573 e. The third-order valence-electron chi connectivity index (χ3n) is 8.85. The molecule has 0 spiro atoms. The molecule has 248 valence electrons.